The highest BCUT2D eigenvalue weighted by atomic mass is 15.4. The van der Waals surface area contributed by atoms with Crippen molar-refractivity contribution in [3.63, 3.8) is 0 Å². The predicted octanol–water partition coefficient (Wildman–Crippen LogP) is 0.233. The summed E-state index contributed by atoms with van der Waals surface area (Å²) < 4.78 is 0. The minimum atomic E-state index is 0.260. The molecule has 1 aromatic rings. The number of piperazine rings is 3. The molecule has 0 radical (unpaired) electrons. The molecule has 3 N–H and O–H groups in total. The Balaban J connectivity index is 1.90. The zero-order valence-electron chi connectivity index (χ0n) is 11.8. The van der Waals surface area contributed by atoms with Crippen molar-refractivity contribution in [3.8, 4) is 0 Å². The minimum Gasteiger partial charge on any atom is -0.383 e. The van der Waals surface area contributed by atoms with Gasteiger partial charge >= 0.3 is 0 Å². The summed E-state index contributed by atoms with van der Waals surface area (Å²) in [5.41, 5.74) is 8.39. The minimum absolute atomic E-state index is 0.260. The number of aryl methyl sites for hydroxylation is 1. The molecular weight excluding hydrogens is 238 g/mol. The third-order valence-electron chi connectivity index (χ3n) is 4.44. The Kier molecular flexibility index (Phi) is 3.43. The summed E-state index contributed by atoms with van der Waals surface area (Å²) in [5, 5.41) is 3.45. The van der Waals surface area contributed by atoms with Gasteiger partial charge in [-0.15, -0.1) is 0 Å². The molecule has 4 heterocycles. The summed E-state index contributed by atoms with van der Waals surface area (Å²) in [4.78, 5) is 9.45. The fraction of sp³-hybridized carbons (Fsp3) is 0.643. The summed E-state index contributed by atoms with van der Waals surface area (Å²) in [7, 11) is 2.02. The molecule has 0 spiro atoms. The molecule has 3 saturated heterocycles. The van der Waals surface area contributed by atoms with Crippen LogP contribution in [0.5, 0.6) is 0 Å². The molecule has 2 atom stereocenters. The predicted molar refractivity (Wildman–Crippen MR) is 77.0 cm³/mol. The number of likely N-dealkylation sites (N-methyl/N-ethyl adjacent to an activating group) is 1. The summed E-state index contributed by atoms with van der Waals surface area (Å²) in [6.07, 6.45) is 1.84. The Bertz CT molecular complexity index is 453. The van der Waals surface area contributed by atoms with E-state index in [1.54, 1.807) is 0 Å². The molecule has 0 saturated carbocycles. The number of pyridine rings is 1. The number of rotatable bonds is 3. The molecule has 3 aliphatic heterocycles. The van der Waals surface area contributed by atoms with Gasteiger partial charge in [0.05, 0.1) is 6.04 Å². The Labute approximate surface area is 114 Å². The van der Waals surface area contributed by atoms with Gasteiger partial charge in [0, 0.05) is 50.5 Å². The van der Waals surface area contributed by atoms with Crippen molar-refractivity contribution in [1.82, 2.24) is 20.1 Å². The lowest BCUT2D eigenvalue weighted by molar-refractivity contribution is -0.00248. The first-order valence-electron chi connectivity index (χ1n) is 7.04. The molecule has 3 aliphatic rings. The van der Waals surface area contributed by atoms with E-state index in [2.05, 4.69) is 33.1 Å². The first-order chi connectivity index (χ1) is 9.19. The number of hydrogen-bond donors (Lipinski definition) is 2. The summed E-state index contributed by atoms with van der Waals surface area (Å²) >= 11 is 0. The second-order valence-electron chi connectivity index (χ2n) is 5.66. The number of hydrogen-bond acceptors (Lipinski definition) is 5. The van der Waals surface area contributed by atoms with Crippen molar-refractivity contribution in [3.05, 3.63) is 23.4 Å². The van der Waals surface area contributed by atoms with Crippen molar-refractivity contribution >= 4 is 5.82 Å². The number of anilines is 1. The molecule has 5 nitrogen and oxygen atoms in total. The van der Waals surface area contributed by atoms with E-state index in [1.807, 2.05) is 13.2 Å². The van der Waals surface area contributed by atoms with Crippen LogP contribution in [0.25, 0.3) is 0 Å². The average Bonchev–Trinajstić information content (AvgIpc) is 2.45. The highest BCUT2D eigenvalue weighted by Gasteiger charge is 2.37. The maximum Gasteiger partial charge on any atom is 0.128 e. The number of nitrogens with zero attached hydrogens (tertiary/aromatic N) is 3. The van der Waals surface area contributed by atoms with Crippen LogP contribution in [0.15, 0.2) is 12.3 Å². The number of fused-ring (bicyclic) bond motifs is 3. The number of aromatic nitrogens is 1. The standard InChI is InChI=1S/C14H23N5/c1-10-7-11(14(15)17-8-10)13(16-2)12-9-18-3-5-19(12)6-4-18/h7-8,12-13,16H,3-6,9H2,1-2H3,(H2,15,17). The molecular formula is C14H23N5. The van der Waals surface area contributed by atoms with E-state index in [1.165, 1.54) is 31.7 Å². The van der Waals surface area contributed by atoms with Crippen molar-refractivity contribution in [2.24, 2.45) is 0 Å². The Morgan fingerprint density at radius 1 is 1.37 bits per heavy atom. The lowest BCUT2D eigenvalue weighted by Crippen LogP contribution is -2.63. The van der Waals surface area contributed by atoms with Crippen LogP contribution in [0.3, 0.4) is 0 Å². The van der Waals surface area contributed by atoms with Crippen molar-refractivity contribution in [2.75, 3.05) is 45.5 Å². The first kappa shape index (κ1) is 12.8. The van der Waals surface area contributed by atoms with Crippen LogP contribution in [0.1, 0.15) is 17.2 Å². The van der Waals surface area contributed by atoms with E-state index in [4.69, 9.17) is 5.73 Å². The van der Waals surface area contributed by atoms with Gasteiger partial charge < -0.3 is 11.1 Å². The Morgan fingerprint density at radius 3 is 2.68 bits per heavy atom. The molecule has 0 amide bonds. The van der Waals surface area contributed by atoms with Crippen LogP contribution in [0.2, 0.25) is 0 Å². The van der Waals surface area contributed by atoms with Crippen molar-refractivity contribution in [2.45, 2.75) is 19.0 Å². The van der Waals surface area contributed by atoms with Crippen molar-refractivity contribution < 1.29 is 0 Å². The zero-order valence-corrected chi connectivity index (χ0v) is 11.8. The van der Waals surface area contributed by atoms with Crippen LogP contribution >= 0.6 is 0 Å². The molecule has 104 valence electrons. The second kappa shape index (κ2) is 5.07. The number of nitrogens with one attached hydrogen (secondary N) is 1. The van der Waals surface area contributed by atoms with Gasteiger partial charge in [-0.1, -0.05) is 0 Å². The van der Waals surface area contributed by atoms with Crippen LogP contribution < -0.4 is 11.1 Å². The second-order valence-corrected chi connectivity index (χ2v) is 5.66. The van der Waals surface area contributed by atoms with Gasteiger partial charge in [0.1, 0.15) is 5.82 Å². The molecule has 2 bridgehead atoms. The fourth-order valence-corrected chi connectivity index (χ4v) is 3.38. The van der Waals surface area contributed by atoms with E-state index >= 15 is 0 Å². The summed E-state index contributed by atoms with van der Waals surface area (Å²) in [6, 6.07) is 2.93. The number of nitrogen functional groups attached to an aromatic ring is 1. The van der Waals surface area contributed by atoms with E-state index < -0.39 is 0 Å². The zero-order chi connectivity index (χ0) is 13.4. The van der Waals surface area contributed by atoms with Crippen molar-refractivity contribution in [1.29, 1.82) is 0 Å². The highest BCUT2D eigenvalue weighted by molar-refractivity contribution is 5.44. The topological polar surface area (TPSA) is 57.4 Å². The molecule has 5 heteroatoms. The molecule has 2 unspecified atom stereocenters. The first-order valence-corrected chi connectivity index (χ1v) is 7.04. The van der Waals surface area contributed by atoms with Gasteiger partial charge in [0.15, 0.2) is 0 Å². The maximum absolute atomic E-state index is 6.09. The van der Waals surface area contributed by atoms with Gasteiger partial charge in [-0.2, -0.15) is 0 Å². The summed E-state index contributed by atoms with van der Waals surface area (Å²) in [6.45, 7) is 7.94. The van der Waals surface area contributed by atoms with Crippen LogP contribution in [0, 0.1) is 6.92 Å². The largest absolute Gasteiger partial charge is 0.383 e. The fourth-order valence-electron chi connectivity index (χ4n) is 3.38. The average molecular weight is 261 g/mol. The quantitative estimate of drug-likeness (QED) is 0.816. The number of nitrogens with two attached hydrogens (primary N) is 1. The molecule has 1 aromatic heterocycles. The maximum atomic E-state index is 6.09. The van der Waals surface area contributed by atoms with E-state index in [0.717, 1.165) is 12.1 Å². The molecule has 0 aliphatic carbocycles. The third kappa shape index (κ3) is 2.33. The molecule has 3 fully saturated rings. The van der Waals surface area contributed by atoms with Gasteiger partial charge in [0.25, 0.3) is 0 Å². The molecule has 4 rings (SSSR count). The Morgan fingerprint density at radius 2 is 2.11 bits per heavy atom. The van der Waals surface area contributed by atoms with E-state index in [9.17, 15) is 0 Å². The van der Waals surface area contributed by atoms with Crippen LogP contribution in [-0.2, 0) is 0 Å². The smallest absolute Gasteiger partial charge is 0.128 e. The molecule has 19 heavy (non-hydrogen) atoms. The van der Waals surface area contributed by atoms with Crippen LogP contribution in [0.4, 0.5) is 5.82 Å². The van der Waals surface area contributed by atoms with Gasteiger partial charge in [-0.25, -0.2) is 4.98 Å². The lowest BCUT2D eigenvalue weighted by atomic mass is 9.93. The summed E-state index contributed by atoms with van der Waals surface area (Å²) in [5.74, 6) is 0.655. The third-order valence-corrected chi connectivity index (χ3v) is 4.44. The van der Waals surface area contributed by atoms with Crippen LogP contribution in [-0.4, -0.2) is 60.6 Å². The van der Waals surface area contributed by atoms with Gasteiger partial charge in [-0.05, 0) is 25.6 Å². The lowest BCUT2D eigenvalue weighted by Gasteiger charge is -2.50. The van der Waals surface area contributed by atoms with E-state index in [0.29, 0.717) is 11.9 Å². The van der Waals surface area contributed by atoms with Gasteiger partial charge in [-0.3, -0.25) is 9.80 Å². The van der Waals surface area contributed by atoms with E-state index in [-0.39, 0.29) is 6.04 Å². The highest BCUT2D eigenvalue weighted by Crippen LogP contribution is 2.29. The SMILES string of the molecule is CNC(c1cc(C)cnc1N)C1CN2CCN1CC2. The Hall–Kier alpha value is -1.17. The monoisotopic (exact) mass is 261 g/mol. The normalized spacial score (nSPS) is 31.4. The van der Waals surface area contributed by atoms with Gasteiger partial charge in [0.2, 0.25) is 0 Å². The molecule has 0 aromatic carbocycles.